The van der Waals surface area contributed by atoms with Crippen LogP contribution in [0, 0.1) is 0 Å². The van der Waals surface area contributed by atoms with Gasteiger partial charge in [-0.25, -0.2) is 9.97 Å². The first-order valence-corrected chi connectivity index (χ1v) is 11.1. The summed E-state index contributed by atoms with van der Waals surface area (Å²) in [4.78, 5) is 50.5. The molecule has 0 aliphatic carbocycles. The molecule has 9 heteroatoms. The number of carbonyl (C=O) groups is 3. The van der Waals surface area contributed by atoms with Gasteiger partial charge in [-0.05, 0) is 5.56 Å². The maximum absolute atomic E-state index is 12.4. The largest absolute Gasteiger partial charge is 0.388 e. The van der Waals surface area contributed by atoms with E-state index in [1.165, 1.54) is 17.3 Å². The van der Waals surface area contributed by atoms with Gasteiger partial charge in [0.25, 0.3) is 0 Å². The summed E-state index contributed by atoms with van der Waals surface area (Å²) in [6.07, 6.45) is 7.32. The predicted molar refractivity (Wildman–Crippen MR) is 122 cm³/mol. The van der Waals surface area contributed by atoms with Gasteiger partial charge in [0.1, 0.15) is 6.61 Å². The molecule has 2 amide bonds. The minimum Gasteiger partial charge on any atom is -0.388 e. The van der Waals surface area contributed by atoms with Crippen molar-refractivity contribution in [3.63, 3.8) is 0 Å². The number of Topliss-reactive ketones (excluding diaryl/α,β-unsaturated/α-hetero) is 1. The van der Waals surface area contributed by atoms with Crippen LogP contribution in [0.5, 0.6) is 0 Å². The summed E-state index contributed by atoms with van der Waals surface area (Å²) in [5, 5.41) is 8.95. The lowest BCUT2D eigenvalue weighted by Gasteiger charge is -2.37. The molecule has 0 saturated carbocycles. The molecule has 3 heterocycles. The standard InChI is InChI=1S/C24H27N5O4/c30-17-21(31)19-14-25-24(26-15-19)28-12-10-27(11-13-28)16-20(29-22(32)8-9-23(29)33)7-6-18-4-2-1-3-5-18/h1-7,14-15,20,30H,8-13,16-17H2/b7-6+. The Morgan fingerprint density at radius 3 is 2.24 bits per heavy atom. The average molecular weight is 450 g/mol. The molecule has 9 nitrogen and oxygen atoms in total. The van der Waals surface area contributed by atoms with Crippen molar-refractivity contribution in [1.82, 2.24) is 19.8 Å². The zero-order chi connectivity index (χ0) is 23.2. The van der Waals surface area contributed by atoms with Crippen molar-refractivity contribution in [1.29, 1.82) is 0 Å². The highest BCUT2D eigenvalue weighted by molar-refractivity contribution is 6.02. The van der Waals surface area contributed by atoms with Crippen LogP contribution in [0.25, 0.3) is 6.08 Å². The molecule has 2 saturated heterocycles. The number of aliphatic hydroxyl groups excluding tert-OH is 1. The number of piperazine rings is 1. The summed E-state index contributed by atoms with van der Waals surface area (Å²) in [7, 11) is 0. The van der Waals surface area contributed by atoms with E-state index in [0.717, 1.165) is 18.7 Å². The Kier molecular flexibility index (Phi) is 7.21. The summed E-state index contributed by atoms with van der Waals surface area (Å²) in [5.41, 5.74) is 1.31. The summed E-state index contributed by atoms with van der Waals surface area (Å²) in [6.45, 7) is 2.83. The van der Waals surface area contributed by atoms with Crippen LogP contribution in [0.4, 0.5) is 5.95 Å². The van der Waals surface area contributed by atoms with Crippen molar-refractivity contribution in [3.8, 4) is 0 Å². The number of nitrogens with zero attached hydrogens (tertiary/aromatic N) is 5. The molecule has 0 radical (unpaired) electrons. The second kappa shape index (κ2) is 10.5. The number of imide groups is 1. The number of rotatable bonds is 8. The van der Waals surface area contributed by atoms with Gasteiger partial charge >= 0.3 is 0 Å². The van der Waals surface area contributed by atoms with E-state index in [1.54, 1.807) is 0 Å². The van der Waals surface area contributed by atoms with Gasteiger partial charge in [-0.1, -0.05) is 42.5 Å². The molecule has 172 valence electrons. The lowest BCUT2D eigenvalue weighted by Crippen LogP contribution is -2.52. The lowest BCUT2D eigenvalue weighted by molar-refractivity contribution is -0.140. The quantitative estimate of drug-likeness (QED) is 0.470. The number of hydrogen-bond donors (Lipinski definition) is 1. The highest BCUT2D eigenvalue weighted by atomic mass is 16.3. The molecule has 0 spiro atoms. The smallest absolute Gasteiger partial charge is 0.230 e. The van der Waals surface area contributed by atoms with Gasteiger partial charge in [-0.15, -0.1) is 0 Å². The van der Waals surface area contributed by atoms with Gasteiger partial charge < -0.3 is 10.0 Å². The van der Waals surface area contributed by atoms with E-state index in [9.17, 15) is 14.4 Å². The van der Waals surface area contributed by atoms with E-state index in [4.69, 9.17) is 5.11 Å². The lowest BCUT2D eigenvalue weighted by atomic mass is 10.1. The van der Waals surface area contributed by atoms with E-state index < -0.39 is 12.4 Å². The molecule has 33 heavy (non-hydrogen) atoms. The Morgan fingerprint density at radius 1 is 1.00 bits per heavy atom. The Hall–Kier alpha value is -3.43. The van der Waals surface area contributed by atoms with Crippen LogP contribution in [0.2, 0.25) is 0 Å². The average Bonchev–Trinajstić information content (AvgIpc) is 3.20. The van der Waals surface area contributed by atoms with Crippen LogP contribution in [0.3, 0.4) is 0 Å². The summed E-state index contributed by atoms with van der Waals surface area (Å²) < 4.78 is 0. The fourth-order valence-corrected chi connectivity index (χ4v) is 4.09. The third-order valence-electron chi connectivity index (χ3n) is 5.94. The second-order valence-corrected chi connectivity index (χ2v) is 8.14. The molecule has 1 N–H and O–H groups in total. The molecular formula is C24H27N5O4. The van der Waals surface area contributed by atoms with Crippen LogP contribution >= 0.6 is 0 Å². The fourth-order valence-electron chi connectivity index (χ4n) is 4.09. The van der Waals surface area contributed by atoms with Crippen molar-refractivity contribution in [2.24, 2.45) is 0 Å². The van der Waals surface area contributed by atoms with Crippen molar-refractivity contribution in [2.75, 3.05) is 44.2 Å². The summed E-state index contributed by atoms with van der Waals surface area (Å²) >= 11 is 0. The molecule has 1 unspecified atom stereocenters. The van der Waals surface area contributed by atoms with Gasteiger partial charge in [0.2, 0.25) is 17.8 Å². The SMILES string of the molecule is O=C(CO)c1cnc(N2CCN(CC(/C=C/c3ccccc3)N3C(=O)CCC3=O)CC2)nc1. The number of aliphatic hydroxyl groups is 1. The van der Waals surface area contributed by atoms with Crippen LogP contribution in [-0.2, 0) is 9.59 Å². The van der Waals surface area contributed by atoms with Gasteiger partial charge in [-0.2, -0.15) is 0 Å². The number of benzene rings is 1. The number of anilines is 1. The maximum atomic E-state index is 12.4. The van der Waals surface area contributed by atoms with E-state index in [-0.39, 0.29) is 36.3 Å². The molecule has 1 aromatic carbocycles. The topological polar surface area (TPSA) is 107 Å². The third kappa shape index (κ3) is 5.50. The van der Waals surface area contributed by atoms with Crippen molar-refractivity contribution >= 4 is 29.6 Å². The van der Waals surface area contributed by atoms with E-state index in [0.29, 0.717) is 25.6 Å². The highest BCUT2D eigenvalue weighted by Gasteiger charge is 2.35. The van der Waals surface area contributed by atoms with Gasteiger partial charge in [0.15, 0.2) is 5.78 Å². The Bertz CT molecular complexity index is 1000. The zero-order valence-electron chi connectivity index (χ0n) is 18.3. The number of aromatic nitrogens is 2. The number of amides is 2. The van der Waals surface area contributed by atoms with Crippen LogP contribution < -0.4 is 4.90 Å². The minimum absolute atomic E-state index is 0.118. The summed E-state index contributed by atoms with van der Waals surface area (Å²) in [5.74, 6) is -0.110. The molecule has 1 atom stereocenters. The molecule has 4 rings (SSSR count). The number of carbonyl (C=O) groups excluding carboxylic acids is 3. The first kappa shape index (κ1) is 22.8. The number of hydrogen-bond acceptors (Lipinski definition) is 8. The van der Waals surface area contributed by atoms with Crippen LogP contribution in [0.15, 0.2) is 48.8 Å². The van der Waals surface area contributed by atoms with Crippen molar-refractivity contribution in [3.05, 3.63) is 59.9 Å². The van der Waals surface area contributed by atoms with Gasteiger partial charge in [-0.3, -0.25) is 24.2 Å². The van der Waals surface area contributed by atoms with Crippen molar-refractivity contribution < 1.29 is 19.5 Å². The van der Waals surface area contributed by atoms with Crippen molar-refractivity contribution in [2.45, 2.75) is 18.9 Å². The van der Waals surface area contributed by atoms with Gasteiger partial charge in [0.05, 0.1) is 11.6 Å². The predicted octanol–water partition coefficient (Wildman–Crippen LogP) is 1.00. The molecule has 2 aliphatic heterocycles. The zero-order valence-corrected chi connectivity index (χ0v) is 18.3. The first-order chi connectivity index (χ1) is 16.0. The van der Waals surface area contributed by atoms with Crippen LogP contribution in [0.1, 0.15) is 28.8 Å². The molecular weight excluding hydrogens is 422 g/mol. The third-order valence-corrected chi connectivity index (χ3v) is 5.94. The number of ketones is 1. The van der Waals surface area contributed by atoms with Crippen LogP contribution in [-0.4, -0.2) is 87.8 Å². The molecule has 0 bridgehead atoms. The fraction of sp³-hybridized carbons (Fsp3) is 0.375. The monoisotopic (exact) mass is 449 g/mol. The number of likely N-dealkylation sites (tertiary alicyclic amines) is 1. The Balaban J connectivity index is 1.40. The van der Waals surface area contributed by atoms with Gasteiger partial charge in [0, 0.05) is 58.0 Å². The molecule has 2 aromatic rings. The second-order valence-electron chi connectivity index (χ2n) is 8.14. The summed E-state index contributed by atoms with van der Waals surface area (Å²) in [6, 6.07) is 9.50. The normalized spacial score (nSPS) is 18.3. The Labute approximate surface area is 192 Å². The maximum Gasteiger partial charge on any atom is 0.230 e. The van der Waals surface area contributed by atoms with E-state index >= 15 is 0 Å². The minimum atomic E-state index is -0.566. The molecule has 1 aromatic heterocycles. The molecule has 2 fully saturated rings. The first-order valence-electron chi connectivity index (χ1n) is 11.1. The van der Waals surface area contributed by atoms with E-state index in [2.05, 4.69) is 14.9 Å². The highest BCUT2D eigenvalue weighted by Crippen LogP contribution is 2.19. The Morgan fingerprint density at radius 2 is 1.64 bits per heavy atom. The molecule has 2 aliphatic rings. The van der Waals surface area contributed by atoms with E-state index in [1.807, 2.05) is 47.4 Å².